The van der Waals surface area contributed by atoms with E-state index in [-0.39, 0.29) is 23.9 Å². The van der Waals surface area contributed by atoms with E-state index in [1.807, 2.05) is 18.7 Å². The molecule has 4 heteroatoms. The predicted molar refractivity (Wildman–Crippen MR) is 73.2 cm³/mol. The fraction of sp³-hybridized carbons (Fsp3) is 0.929. The minimum Gasteiger partial charge on any atom is -0.383 e. The lowest BCUT2D eigenvalue weighted by Gasteiger charge is -2.37. The Hall–Kier alpha value is -0.610. The van der Waals surface area contributed by atoms with Crippen LogP contribution in [0.15, 0.2) is 0 Å². The second-order valence-corrected chi connectivity index (χ2v) is 5.81. The van der Waals surface area contributed by atoms with E-state index in [4.69, 9.17) is 10.5 Å². The third-order valence-electron chi connectivity index (χ3n) is 3.93. The molecule has 0 heterocycles. The summed E-state index contributed by atoms with van der Waals surface area (Å²) in [5.41, 5.74) is 6.13. The van der Waals surface area contributed by atoms with Gasteiger partial charge in [0.05, 0.1) is 12.5 Å². The van der Waals surface area contributed by atoms with Crippen LogP contribution in [0.4, 0.5) is 0 Å². The molecule has 0 aromatic heterocycles. The smallest absolute Gasteiger partial charge is 0.227 e. The van der Waals surface area contributed by atoms with Gasteiger partial charge in [0.1, 0.15) is 0 Å². The minimum absolute atomic E-state index is 0.00648. The highest BCUT2D eigenvalue weighted by atomic mass is 16.5. The summed E-state index contributed by atoms with van der Waals surface area (Å²) in [7, 11) is 1.66. The molecule has 3 unspecified atom stereocenters. The van der Waals surface area contributed by atoms with E-state index in [9.17, 15) is 4.79 Å². The zero-order chi connectivity index (χ0) is 13.7. The molecule has 0 aromatic carbocycles. The summed E-state index contributed by atoms with van der Waals surface area (Å²) in [6.07, 6.45) is 3.04. The number of nitrogens with zero attached hydrogens (tertiary/aromatic N) is 1. The first kappa shape index (κ1) is 15.4. The molecule has 1 aliphatic rings. The van der Waals surface area contributed by atoms with E-state index >= 15 is 0 Å². The average Bonchev–Trinajstić information content (AvgIpc) is 2.32. The Kier molecular flexibility index (Phi) is 6.09. The standard InChI is InChI=1S/C14H28N2O2/c1-10(2)16(7-8-18-4)14(17)12-9-11(3)5-6-13(12)15/h10-13H,5-9,15H2,1-4H3. The molecule has 0 spiro atoms. The molecule has 1 fully saturated rings. The van der Waals surface area contributed by atoms with E-state index in [1.54, 1.807) is 7.11 Å². The van der Waals surface area contributed by atoms with Crippen LogP contribution in [-0.4, -0.2) is 43.2 Å². The van der Waals surface area contributed by atoms with Crippen molar-refractivity contribution in [1.29, 1.82) is 0 Å². The molecular weight excluding hydrogens is 228 g/mol. The largest absolute Gasteiger partial charge is 0.383 e. The highest BCUT2D eigenvalue weighted by Gasteiger charge is 2.34. The maximum absolute atomic E-state index is 12.6. The molecule has 0 saturated heterocycles. The number of amides is 1. The van der Waals surface area contributed by atoms with Gasteiger partial charge in [0.2, 0.25) is 5.91 Å². The van der Waals surface area contributed by atoms with Crippen molar-refractivity contribution in [3.63, 3.8) is 0 Å². The van der Waals surface area contributed by atoms with Crippen molar-refractivity contribution in [3.05, 3.63) is 0 Å². The van der Waals surface area contributed by atoms with Crippen LogP contribution in [0.3, 0.4) is 0 Å². The zero-order valence-electron chi connectivity index (χ0n) is 12.2. The van der Waals surface area contributed by atoms with Crippen molar-refractivity contribution in [2.24, 2.45) is 17.6 Å². The zero-order valence-corrected chi connectivity index (χ0v) is 12.2. The molecule has 0 aromatic rings. The van der Waals surface area contributed by atoms with Gasteiger partial charge in [0, 0.05) is 25.7 Å². The van der Waals surface area contributed by atoms with Gasteiger partial charge in [-0.25, -0.2) is 0 Å². The maximum atomic E-state index is 12.6. The minimum atomic E-state index is -0.00648. The Morgan fingerprint density at radius 2 is 2.11 bits per heavy atom. The van der Waals surface area contributed by atoms with Gasteiger partial charge in [-0.1, -0.05) is 6.92 Å². The van der Waals surface area contributed by atoms with E-state index in [0.717, 1.165) is 19.3 Å². The predicted octanol–water partition coefficient (Wildman–Crippen LogP) is 1.63. The summed E-state index contributed by atoms with van der Waals surface area (Å²) in [5.74, 6) is 0.810. The molecule has 18 heavy (non-hydrogen) atoms. The Morgan fingerprint density at radius 1 is 1.44 bits per heavy atom. The van der Waals surface area contributed by atoms with E-state index in [0.29, 0.717) is 19.1 Å². The summed E-state index contributed by atoms with van der Waals surface area (Å²) >= 11 is 0. The van der Waals surface area contributed by atoms with Crippen molar-refractivity contribution >= 4 is 5.91 Å². The van der Waals surface area contributed by atoms with Crippen LogP contribution in [0.2, 0.25) is 0 Å². The second-order valence-electron chi connectivity index (χ2n) is 5.81. The van der Waals surface area contributed by atoms with Gasteiger partial charge in [-0.15, -0.1) is 0 Å². The third-order valence-corrected chi connectivity index (χ3v) is 3.93. The lowest BCUT2D eigenvalue weighted by Crippen LogP contribution is -2.50. The van der Waals surface area contributed by atoms with Crippen molar-refractivity contribution in [2.75, 3.05) is 20.3 Å². The molecule has 0 aliphatic heterocycles. The van der Waals surface area contributed by atoms with Crippen LogP contribution < -0.4 is 5.73 Å². The topological polar surface area (TPSA) is 55.6 Å². The van der Waals surface area contributed by atoms with Crippen LogP contribution in [0, 0.1) is 11.8 Å². The number of carbonyl (C=O) groups excluding carboxylic acids is 1. The van der Waals surface area contributed by atoms with Crippen LogP contribution >= 0.6 is 0 Å². The summed E-state index contributed by atoms with van der Waals surface area (Å²) in [6.45, 7) is 7.55. The molecule has 1 rings (SSSR count). The van der Waals surface area contributed by atoms with Gasteiger partial charge in [-0.05, 0) is 39.0 Å². The van der Waals surface area contributed by atoms with E-state index in [2.05, 4.69) is 6.92 Å². The molecule has 3 atom stereocenters. The molecule has 4 nitrogen and oxygen atoms in total. The van der Waals surface area contributed by atoms with Crippen molar-refractivity contribution < 1.29 is 9.53 Å². The normalized spacial score (nSPS) is 28.4. The van der Waals surface area contributed by atoms with Crippen molar-refractivity contribution in [1.82, 2.24) is 4.90 Å². The first-order chi connectivity index (χ1) is 8.47. The number of ether oxygens (including phenoxy) is 1. The number of nitrogens with two attached hydrogens (primary N) is 1. The SMILES string of the molecule is COCCN(C(=O)C1CC(C)CCC1N)C(C)C. The van der Waals surface area contributed by atoms with Gasteiger partial charge in [0.15, 0.2) is 0 Å². The molecule has 1 aliphatic carbocycles. The molecule has 2 N–H and O–H groups in total. The van der Waals surface area contributed by atoms with E-state index in [1.165, 1.54) is 0 Å². The highest BCUT2D eigenvalue weighted by molar-refractivity contribution is 5.80. The lowest BCUT2D eigenvalue weighted by molar-refractivity contribution is -0.140. The van der Waals surface area contributed by atoms with E-state index < -0.39 is 0 Å². The van der Waals surface area contributed by atoms with Gasteiger partial charge in [0.25, 0.3) is 0 Å². The Morgan fingerprint density at radius 3 is 2.67 bits per heavy atom. The molecule has 0 radical (unpaired) electrons. The number of rotatable bonds is 5. The molecule has 1 amide bonds. The first-order valence-electron chi connectivity index (χ1n) is 7.02. The molecule has 0 bridgehead atoms. The summed E-state index contributed by atoms with van der Waals surface area (Å²) in [6, 6.07) is 0.231. The average molecular weight is 256 g/mol. The maximum Gasteiger partial charge on any atom is 0.227 e. The monoisotopic (exact) mass is 256 g/mol. The third kappa shape index (κ3) is 3.95. The quantitative estimate of drug-likeness (QED) is 0.813. The Balaban J connectivity index is 2.68. The lowest BCUT2D eigenvalue weighted by atomic mass is 9.78. The number of carbonyl (C=O) groups is 1. The molecule has 106 valence electrons. The number of hydrogen-bond donors (Lipinski definition) is 1. The van der Waals surface area contributed by atoms with Crippen LogP contribution in [0.1, 0.15) is 40.0 Å². The highest BCUT2D eigenvalue weighted by Crippen LogP contribution is 2.29. The van der Waals surface area contributed by atoms with Gasteiger partial charge >= 0.3 is 0 Å². The van der Waals surface area contributed by atoms with Crippen molar-refractivity contribution in [3.8, 4) is 0 Å². The Labute approximate surface area is 111 Å². The number of hydrogen-bond acceptors (Lipinski definition) is 3. The summed E-state index contributed by atoms with van der Waals surface area (Å²) in [5, 5.41) is 0. The van der Waals surface area contributed by atoms with Gasteiger partial charge in [-0.3, -0.25) is 4.79 Å². The van der Waals surface area contributed by atoms with Crippen molar-refractivity contribution in [2.45, 2.75) is 52.1 Å². The summed E-state index contributed by atoms with van der Waals surface area (Å²) < 4.78 is 5.08. The first-order valence-corrected chi connectivity index (χ1v) is 7.02. The summed E-state index contributed by atoms with van der Waals surface area (Å²) in [4.78, 5) is 14.5. The fourth-order valence-corrected chi connectivity index (χ4v) is 2.71. The van der Waals surface area contributed by atoms with Gasteiger partial charge < -0.3 is 15.4 Å². The van der Waals surface area contributed by atoms with Crippen LogP contribution in [0.25, 0.3) is 0 Å². The fourth-order valence-electron chi connectivity index (χ4n) is 2.71. The van der Waals surface area contributed by atoms with Crippen LogP contribution in [-0.2, 0) is 9.53 Å². The molecule has 1 saturated carbocycles. The number of methoxy groups -OCH3 is 1. The second kappa shape index (κ2) is 7.10. The van der Waals surface area contributed by atoms with Crippen LogP contribution in [0.5, 0.6) is 0 Å². The molecular formula is C14H28N2O2. The Bertz CT molecular complexity index is 269. The van der Waals surface area contributed by atoms with Gasteiger partial charge in [-0.2, -0.15) is 0 Å².